The lowest BCUT2D eigenvalue weighted by Gasteiger charge is -2.41. The van der Waals surface area contributed by atoms with Crippen molar-refractivity contribution in [2.75, 3.05) is 39.4 Å². The fourth-order valence-electron chi connectivity index (χ4n) is 3.46. The van der Waals surface area contributed by atoms with Crippen LogP contribution in [0.3, 0.4) is 0 Å². The van der Waals surface area contributed by atoms with Crippen molar-refractivity contribution in [3.8, 4) is 0 Å². The van der Waals surface area contributed by atoms with Gasteiger partial charge in [0.25, 0.3) is 0 Å². The topological polar surface area (TPSA) is 24.5 Å². The van der Waals surface area contributed by atoms with Gasteiger partial charge in [-0.3, -0.25) is 4.90 Å². The third-order valence-corrected chi connectivity index (χ3v) is 5.46. The molecule has 126 valence electrons. The Morgan fingerprint density at radius 3 is 2.36 bits per heavy atom. The standard InChI is InChI=1S/C16H23IN2O.2ClH/c17-15-4-2-1-3-14(15)16(13-5-11-20-12-6-13)19-9-7-18-8-10-19;;/h1-4,13,16,18H,5-12H2;2*1H/t16-;;/m0../s1. The summed E-state index contributed by atoms with van der Waals surface area (Å²) in [4.78, 5) is 2.68. The zero-order valence-electron chi connectivity index (χ0n) is 12.7. The summed E-state index contributed by atoms with van der Waals surface area (Å²) < 4.78 is 6.97. The monoisotopic (exact) mass is 458 g/mol. The molecule has 0 spiro atoms. The highest BCUT2D eigenvalue weighted by Gasteiger charge is 2.32. The van der Waals surface area contributed by atoms with E-state index in [1.165, 1.54) is 22.0 Å². The van der Waals surface area contributed by atoms with Crippen LogP contribution in [0.15, 0.2) is 24.3 Å². The third kappa shape index (κ3) is 4.95. The molecule has 22 heavy (non-hydrogen) atoms. The maximum atomic E-state index is 5.57. The van der Waals surface area contributed by atoms with Gasteiger partial charge in [-0.2, -0.15) is 0 Å². The maximum absolute atomic E-state index is 5.57. The molecule has 0 aromatic heterocycles. The Balaban J connectivity index is 0.00000121. The molecular weight excluding hydrogens is 434 g/mol. The van der Waals surface area contributed by atoms with Gasteiger partial charge in [0.2, 0.25) is 0 Å². The molecule has 1 aromatic carbocycles. The van der Waals surface area contributed by atoms with Crippen molar-refractivity contribution >= 4 is 47.4 Å². The van der Waals surface area contributed by atoms with Gasteiger partial charge in [-0.15, -0.1) is 24.8 Å². The average Bonchev–Trinajstić information content (AvgIpc) is 2.52. The van der Waals surface area contributed by atoms with Crippen LogP contribution in [0.4, 0.5) is 0 Å². The first-order chi connectivity index (χ1) is 9.86. The summed E-state index contributed by atoms with van der Waals surface area (Å²) in [6, 6.07) is 9.46. The summed E-state index contributed by atoms with van der Waals surface area (Å²) in [7, 11) is 0. The highest BCUT2D eigenvalue weighted by Crippen LogP contribution is 2.37. The first kappa shape index (κ1) is 20.5. The van der Waals surface area contributed by atoms with Crippen molar-refractivity contribution in [2.24, 2.45) is 5.92 Å². The van der Waals surface area contributed by atoms with Crippen LogP contribution < -0.4 is 5.32 Å². The lowest BCUT2D eigenvalue weighted by Crippen LogP contribution is -2.47. The van der Waals surface area contributed by atoms with E-state index in [1.807, 2.05) is 0 Å². The van der Waals surface area contributed by atoms with E-state index >= 15 is 0 Å². The minimum absolute atomic E-state index is 0. The van der Waals surface area contributed by atoms with Crippen LogP contribution in [0, 0.1) is 9.49 Å². The zero-order valence-corrected chi connectivity index (χ0v) is 16.5. The lowest BCUT2D eigenvalue weighted by atomic mass is 9.85. The van der Waals surface area contributed by atoms with Crippen molar-refractivity contribution in [1.29, 1.82) is 0 Å². The van der Waals surface area contributed by atoms with Gasteiger partial charge in [-0.25, -0.2) is 0 Å². The van der Waals surface area contributed by atoms with Crippen LogP contribution in [0.25, 0.3) is 0 Å². The van der Waals surface area contributed by atoms with E-state index in [0.29, 0.717) is 6.04 Å². The fourth-order valence-corrected chi connectivity index (χ4v) is 4.16. The van der Waals surface area contributed by atoms with Gasteiger partial charge in [-0.1, -0.05) is 18.2 Å². The van der Waals surface area contributed by atoms with Gasteiger partial charge in [-0.05, 0) is 53.0 Å². The van der Waals surface area contributed by atoms with Gasteiger partial charge in [0, 0.05) is 49.0 Å². The van der Waals surface area contributed by atoms with Crippen LogP contribution >= 0.6 is 47.4 Å². The van der Waals surface area contributed by atoms with E-state index in [-0.39, 0.29) is 24.8 Å². The second-order valence-corrected chi connectivity index (χ2v) is 6.86. The summed E-state index contributed by atoms with van der Waals surface area (Å²) in [5, 5.41) is 3.47. The molecule has 1 atom stereocenters. The maximum Gasteiger partial charge on any atom is 0.0469 e. The Hall–Kier alpha value is 0.410. The van der Waals surface area contributed by atoms with E-state index in [2.05, 4.69) is 57.1 Å². The molecule has 0 saturated carbocycles. The molecule has 1 N–H and O–H groups in total. The predicted octanol–water partition coefficient (Wildman–Crippen LogP) is 3.51. The van der Waals surface area contributed by atoms with Crippen molar-refractivity contribution in [1.82, 2.24) is 10.2 Å². The molecule has 2 saturated heterocycles. The third-order valence-electron chi connectivity index (χ3n) is 4.48. The second kappa shape index (κ2) is 10.3. The molecule has 0 aliphatic carbocycles. The van der Waals surface area contributed by atoms with Crippen LogP contribution in [-0.4, -0.2) is 44.3 Å². The summed E-state index contributed by atoms with van der Waals surface area (Å²) in [5.41, 5.74) is 1.52. The number of nitrogens with one attached hydrogen (secondary N) is 1. The van der Waals surface area contributed by atoms with E-state index < -0.39 is 0 Å². The highest BCUT2D eigenvalue weighted by molar-refractivity contribution is 14.1. The smallest absolute Gasteiger partial charge is 0.0469 e. The number of ether oxygens (including phenoxy) is 1. The number of nitrogens with zero attached hydrogens (tertiary/aromatic N) is 1. The van der Waals surface area contributed by atoms with Crippen LogP contribution in [0.1, 0.15) is 24.4 Å². The predicted molar refractivity (Wildman–Crippen MR) is 104 cm³/mol. The Labute approximate surface area is 159 Å². The van der Waals surface area contributed by atoms with Gasteiger partial charge in [0.05, 0.1) is 0 Å². The van der Waals surface area contributed by atoms with E-state index in [4.69, 9.17) is 4.74 Å². The zero-order chi connectivity index (χ0) is 13.8. The van der Waals surface area contributed by atoms with Crippen molar-refractivity contribution < 1.29 is 4.74 Å². The number of hydrogen-bond donors (Lipinski definition) is 1. The van der Waals surface area contributed by atoms with Gasteiger partial charge < -0.3 is 10.1 Å². The molecule has 1 aromatic rings. The minimum atomic E-state index is 0. The Bertz CT molecular complexity index is 420. The number of hydrogen-bond acceptors (Lipinski definition) is 3. The van der Waals surface area contributed by atoms with Crippen molar-refractivity contribution in [2.45, 2.75) is 18.9 Å². The van der Waals surface area contributed by atoms with Crippen molar-refractivity contribution in [3.63, 3.8) is 0 Å². The molecule has 3 nitrogen and oxygen atoms in total. The van der Waals surface area contributed by atoms with Gasteiger partial charge in [0.15, 0.2) is 0 Å². The molecule has 0 radical (unpaired) electrons. The SMILES string of the molecule is Cl.Cl.Ic1ccccc1[C@H](C1CCOCC1)N1CCNCC1. The van der Waals surface area contributed by atoms with E-state index in [9.17, 15) is 0 Å². The quantitative estimate of drug-likeness (QED) is 0.701. The summed E-state index contributed by atoms with van der Waals surface area (Å²) in [5.74, 6) is 0.734. The number of rotatable bonds is 3. The average molecular weight is 459 g/mol. The molecule has 2 heterocycles. The lowest BCUT2D eigenvalue weighted by molar-refractivity contribution is 0.0211. The first-order valence-corrected chi connectivity index (χ1v) is 8.71. The number of halogens is 3. The minimum Gasteiger partial charge on any atom is -0.381 e. The Kier molecular flexibility index (Phi) is 9.59. The molecule has 6 heteroatoms. The summed E-state index contributed by atoms with van der Waals surface area (Å²) >= 11 is 2.49. The summed E-state index contributed by atoms with van der Waals surface area (Å²) in [6.45, 7) is 6.40. The van der Waals surface area contributed by atoms with Crippen molar-refractivity contribution in [3.05, 3.63) is 33.4 Å². The highest BCUT2D eigenvalue weighted by atomic mass is 127. The Morgan fingerprint density at radius 1 is 1.09 bits per heavy atom. The van der Waals surface area contributed by atoms with Crippen LogP contribution in [0.2, 0.25) is 0 Å². The molecule has 2 fully saturated rings. The Morgan fingerprint density at radius 2 is 1.73 bits per heavy atom. The van der Waals surface area contributed by atoms with Gasteiger partial charge >= 0.3 is 0 Å². The summed E-state index contributed by atoms with van der Waals surface area (Å²) in [6.07, 6.45) is 2.39. The normalized spacial score (nSPS) is 21.5. The largest absolute Gasteiger partial charge is 0.381 e. The van der Waals surface area contributed by atoms with E-state index in [0.717, 1.165) is 45.3 Å². The molecular formula is C16H25Cl2IN2O. The fraction of sp³-hybridized carbons (Fsp3) is 0.625. The molecule has 0 unspecified atom stereocenters. The molecule has 2 aliphatic heterocycles. The number of benzene rings is 1. The molecule has 0 amide bonds. The molecule has 3 rings (SSSR count). The van der Waals surface area contributed by atoms with Crippen LogP contribution in [-0.2, 0) is 4.74 Å². The van der Waals surface area contributed by atoms with E-state index in [1.54, 1.807) is 0 Å². The molecule has 2 aliphatic rings. The van der Waals surface area contributed by atoms with Crippen LogP contribution in [0.5, 0.6) is 0 Å². The molecule has 0 bridgehead atoms. The second-order valence-electron chi connectivity index (χ2n) is 5.70. The van der Waals surface area contributed by atoms with Gasteiger partial charge in [0.1, 0.15) is 0 Å². The first-order valence-electron chi connectivity index (χ1n) is 7.63. The number of piperazine rings is 1.